The van der Waals surface area contributed by atoms with E-state index < -0.39 is 0 Å². The molecule has 0 aliphatic rings. The number of rotatable bonds is 7. The molecule has 0 amide bonds. The summed E-state index contributed by atoms with van der Waals surface area (Å²) in [5.74, 6) is 2.17. The highest BCUT2D eigenvalue weighted by Crippen LogP contribution is 2.42. The minimum absolute atomic E-state index is 0.502. The molecule has 0 unspecified atom stereocenters. The Kier molecular flexibility index (Phi) is 6.22. The van der Waals surface area contributed by atoms with Crippen LogP contribution in [-0.4, -0.2) is 38.4 Å². The van der Waals surface area contributed by atoms with Crippen molar-refractivity contribution < 1.29 is 9.47 Å². The maximum atomic E-state index is 10.1. The first-order valence-corrected chi connectivity index (χ1v) is 14.1. The van der Waals surface area contributed by atoms with Gasteiger partial charge in [0.25, 0.3) is 0 Å². The fraction of sp³-hybridized carbons (Fsp3) is 0.125. The smallest absolute Gasteiger partial charge is 0.153 e. The predicted octanol–water partition coefficient (Wildman–Crippen LogP) is 6.67. The van der Waals surface area contributed by atoms with Gasteiger partial charge in [-0.05, 0) is 35.9 Å². The summed E-state index contributed by atoms with van der Waals surface area (Å²) in [5, 5.41) is 19.1. The zero-order valence-electron chi connectivity index (χ0n) is 23.1. The van der Waals surface area contributed by atoms with Gasteiger partial charge in [-0.3, -0.25) is 9.08 Å². The van der Waals surface area contributed by atoms with Crippen molar-refractivity contribution in [3.05, 3.63) is 90.5 Å². The third-order valence-corrected chi connectivity index (χ3v) is 8.64. The first-order chi connectivity index (χ1) is 20.6. The number of hydrogen-bond donors (Lipinski definition) is 1. The zero-order valence-corrected chi connectivity index (χ0v) is 23.9. The van der Waals surface area contributed by atoms with E-state index in [0.29, 0.717) is 17.9 Å². The van der Waals surface area contributed by atoms with E-state index in [0.717, 1.165) is 65.4 Å². The van der Waals surface area contributed by atoms with Crippen LogP contribution in [0.15, 0.2) is 79.4 Å². The van der Waals surface area contributed by atoms with Crippen LogP contribution in [0, 0.1) is 11.3 Å². The number of methoxy groups -OCH3 is 2. The van der Waals surface area contributed by atoms with E-state index in [2.05, 4.69) is 39.7 Å². The Balaban J connectivity index is 1.32. The summed E-state index contributed by atoms with van der Waals surface area (Å²) < 4.78 is 15.9. The highest BCUT2D eigenvalue weighted by molar-refractivity contribution is 7.22. The van der Waals surface area contributed by atoms with Crippen molar-refractivity contribution in [1.29, 1.82) is 5.26 Å². The average molecular weight is 572 g/mol. The molecule has 9 nitrogen and oxygen atoms in total. The van der Waals surface area contributed by atoms with Crippen LogP contribution in [0.1, 0.15) is 11.1 Å². The van der Waals surface area contributed by atoms with Crippen molar-refractivity contribution in [3.63, 3.8) is 0 Å². The largest absolute Gasteiger partial charge is 0.497 e. The summed E-state index contributed by atoms with van der Waals surface area (Å²) in [4.78, 5) is 10.3. The molecule has 0 aliphatic heterocycles. The summed E-state index contributed by atoms with van der Waals surface area (Å²) in [6, 6.07) is 22.4. The number of nitrogens with zero attached hydrogens (tertiary/aromatic N) is 6. The van der Waals surface area contributed by atoms with Crippen LogP contribution >= 0.6 is 11.3 Å². The van der Waals surface area contributed by atoms with Gasteiger partial charge in [0, 0.05) is 40.9 Å². The normalized spacial score (nSPS) is 11.3. The summed E-state index contributed by atoms with van der Waals surface area (Å²) in [7, 11) is 5.19. The number of thiophene rings is 1. The molecule has 3 aromatic carbocycles. The van der Waals surface area contributed by atoms with E-state index in [1.807, 2.05) is 64.8 Å². The quantitative estimate of drug-likeness (QED) is 0.228. The summed E-state index contributed by atoms with van der Waals surface area (Å²) in [6.07, 6.45) is 5.45. The molecule has 0 saturated heterocycles. The molecule has 0 bridgehead atoms. The van der Waals surface area contributed by atoms with Crippen LogP contribution in [0.25, 0.3) is 48.3 Å². The Morgan fingerprint density at radius 3 is 2.71 bits per heavy atom. The Labute approximate surface area is 245 Å². The Hall–Kier alpha value is -5.40. The zero-order chi connectivity index (χ0) is 28.8. The fourth-order valence-electron chi connectivity index (χ4n) is 5.37. The number of nitriles is 1. The lowest BCUT2D eigenvalue weighted by atomic mass is 10.0. The summed E-state index contributed by atoms with van der Waals surface area (Å²) in [6.45, 7) is 0.502. The minimum Gasteiger partial charge on any atom is -0.497 e. The number of imidazole rings is 1. The van der Waals surface area contributed by atoms with Crippen molar-refractivity contribution in [2.45, 2.75) is 6.54 Å². The topological polar surface area (TPSA) is 102 Å². The van der Waals surface area contributed by atoms with E-state index >= 15 is 0 Å². The third-order valence-electron chi connectivity index (χ3n) is 7.46. The number of anilines is 1. The molecule has 0 radical (unpaired) electrons. The van der Waals surface area contributed by atoms with Gasteiger partial charge in [0.2, 0.25) is 0 Å². The predicted molar refractivity (Wildman–Crippen MR) is 165 cm³/mol. The Bertz CT molecular complexity index is 2170. The van der Waals surface area contributed by atoms with Crippen LogP contribution in [0.5, 0.6) is 11.5 Å². The molecule has 0 aliphatic carbocycles. The maximum Gasteiger partial charge on any atom is 0.153 e. The molecule has 4 heterocycles. The third kappa shape index (κ3) is 4.10. The molecule has 10 heteroatoms. The van der Waals surface area contributed by atoms with Gasteiger partial charge in [-0.1, -0.05) is 24.3 Å². The number of ether oxygens (including phenoxy) is 2. The summed E-state index contributed by atoms with van der Waals surface area (Å²) in [5.41, 5.74) is 7.05. The molecule has 4 aromatic heterocycles. The van der Waals surface area contributed by atoms with Crippen LogP contribution in [-0.2, 0) is 13.6 Å². The Morgan fingerprint density at radius 2 is 1.88 bits per heavy atom. The van der Waals surface area contributed by atoms with Gasteiger partial charge in [0.05, 0.1) is 60.1 Å². The number of fused-ring (bicyclic) bond motifs is 4. The van der Waals surface area contributed by atoms with Crippen molar-refractivity contribution in [2.24, 2.45) is 7.05 Å². The second kappa shape index (κ2) is 10.2. The van der Waals surface area contributed by atoms with Gasteiger partial charge in [-0.25, -0.2) is 9.97 Å². The molecular weight excluding hydrogens is 546 g/mol. The van der Waals surface area contributed by atoms with Crippen molar-refractivity contribution in [3.8, 4) is 39.3 Å². The molecule has 7 rings (SSSR count). The minimum atomic E-state index is 0.502. The molecule has 0 spiro atoms. The fourth-order valence-corrected chi connectivity index (χ4v) is 6.62. The second-order valence-electron chi connectivity index (χ2n) is 9.79. The standard InChI is InChI=1S/C32H25N7O2S/c1-38-30(31-23(14-33)22-6-4-5-7-29(22)42-31)24(16-36-38)19-9-11-26-25(12-19)37-32(27-17-34-18-39(26)27)35-15-20-8-10-21(40-2)13-28(20)41-3/h4-13,16-18H,15H2,1-3H3,(H,35,37). The number of aromatic nitrogens is 5. The van der Waals surface area contributed by atoms with E-state index in [1.165, 1.54) is 0 Å². The van der Waals surface area contributed by atoms with E-state index in [4.69, 9.17) is 14.5 Å². The van der Waals surface area contributed by atoms with Crippen LogP contribution in [0.3, 0.4) is 0 Å². The van der Waals surface area contributed by atoms with Crippen LogP contribution < -0.4 is 14.8 Å². The van der Waals surface area contributed by atoms with Gasteiger partial charge in [0.15, 0.2) is 5.82 Å². The van der Waals surface area contributed by atoms with Crippen molar-refractivity contribution in [2.75, 3.05) is 19.5 Å². The molecule has 206 valence electrons. The SMILES string of the molecule is COc1ccc(CNc2nc3cc(-c4cnn(C)c4-c4sc5ccccc5c4C#N)ccc3n3cncc23)c(OC)c1. The van der Waals surface area contributed by atoms with E-state index in [9.17, 15) is 5.26 Å². The van der Waals surface area contributed by atoms with Gasteiger partial charge < -0.3 is 14.8 Å². The highest BCUT2D eigenvalue weighted by Gasteiger charge is 2.21. The second-order valence-corrected chi connectivity index (χ2v) is 10.8. The Morgan fingerprint density at radius 1 is 1.00 bits per heavy atom. The number of aryl methyl sites for hydroxylation is 1. The van der Waals surface area contributed by atoms with Gasteiger partial charge in [-0.15, -0.1) is 11.3 Å². The van der Waals surface area contributed by atoms with Gasteiger partial charge >= 0.3 is 0 Å². The molecule has 7 aromatic rings. The average Bonchev–Trinajstić information content (AvgIpc) is 3.76. The van der Waals surface area contributed by atoms with Crippen LogP contribution in [0.4, 0.5) is 5.82 Å². The number of hydrogen-bond acceptors (Lipinski definition) is 8. The molecule has 42 heavy (non-hydrogen) atoms. The van der Waals surface area contributed by atoms with Gasteiger partial charge in [-0.2, -0.15) is 10.4 Å². The monoisotopic (exact) mass is 571 g/mol. The molecule has 0 fully saturated rings. The lowest BCUT2D eigenvalue weighted by Gasteiger charge is -2.14. The van der Waals surface area contributed by atoms with E-state index in [-0.39, 0.29) is 0 Å². The number of benzene rings is 3. The molecule has 1 N–H and O–H groups in total. The lowest BCUT2D eigenvalue weighted by molar-refractivity contribution is 0.391. The van der Waals surface area contributed by atoms with Crippen LogP contribution in [0.2, 0.25) is 0 Å². The van der Waals surface area contributed by atoms with E-state index in [1.54, 1.807) is 38.1 Å². The molecule has 0 saturated carbocycles. The molecular formula is C32H25N7O2S. The van der Waals surface area contributed by atoms with Gasteiger partial charge in [0.1, 0.15) is 23.1 Å². The maximum absolute atomic E-state index is 10.1. The first kappa shape index (κ1) is 25.6. The van der Waals surface area contributed by atoms with Crippen molar-refractivity contribution in [1.82, 2.24) is 24.1 Å². The number of nitrogens with one attached hydrogen (secondary N) is 1. The van der Waals surface area contributed by atoms with Crippen molar-refractivity contribution >= 4 is 43.8 Å². The highest BCUT2D eigenvalue weighted by atomic mass is 32.1. The first-order valence-electron chi connectivity index (χ1n) is 13.2. The lowest BCUT2D eigenvalue weighted by Crippen LogP contribution is -2.06. The summed E-state index contributed by atoms with van der Waals surface area (Å²) >= 11 is 1.61. The molecule has 0 atom stereocenters.